The molecule has 0 spiro atoms. The molecule has 0 amide bonds. The Kier molecular flexibility index (Phi) is 7.79. The van der Waals surface area contributed by atoms with Crippen molar-refractivity contribution in [3.05, 3.63) is 93.8 Å². The third-order valence-corrected chi connectivity index (χ3v) is 6.45. The number of carbonyl (C=O) groups excluding carboxylic acids is 1. The smallest absolute Gasteiger partial charge is 0.330 e. The second-order valence-electron chi connectivity index (χ2n) is 10.2. The molecule has 0 fully saturated rings. The predicted molar refractivity (Wildman–Crippen MR) is 140 cm³/mol. The van der Waals surface area contributed by atoms with Gasteiger partial charge in [0.2, 0.25) is 0 Å². The van der Waals surface area contributed by atoms with Gasteiger partial charge >= 0.3 is 5.97 Å². The van der Waals surface area contributed by atoms with Crippen LogP contribution in [0.1, 0.15) is 60.2 Å². The molecule has 8 heteroatoms. The Morgan fingerprint density at radius 3 is 2.47 bits per heavy atom. The first-order valence-corrected chi connectivity index (χ1v) is 12.3. The van der Waals surface area contributed by atoms with Crippen molar-refractivity contribution < 1.29 is 22.7 Å². The van der Waals surface area contributed by atoms with E-state index in [9.17, 15) is 9.18 Å². The van der Waals surface area contributed by atoms with E-state index in [1.54, 1.807) is 10.9 Å². The molecule has 5 nitrogen and oxygen atoms in total. The molecule has 2 aromatic carbocycles. The van der Waals surface area contributed by atoms with Crippen molar-refractivity contribution in [2.45, 2.75) is 44.9 Å². The number of carbonyl (C=O) groups is 1. The van der Waals surface area contributed by atoms with Gasteiger partial charge in [-0.15, -0.1) is 0 Å². The summed E-state index contributed by atoms with van der Waals surface area (Å²) < 4.78 is 52.3. The molecule has 0 bridgehead atoms. The number of esters is 1. The van der Waals surface area contributed by atoms with Crippen LogP contribution in [0, 0.1) is 23.5 Å². The lowest BCUT2D eigenvalue weighted by atomic mass is 9.83. The van der Waals surface area contributed by atoms with Gasteiger partial charge in [-0.25, -0.2) is 18.0 Å². The van der Waals surface area contributed by atoms with Gasteiger partial charge in [-0.1, -0.05) is 17.9 Å². The number of aromatic nitrogens is 2. The van der Waals surface area contributed by atoms with E-state index in [4.69, 9.17) is 0 Å². The van der Waals surface area contributed by atoms with Crippen LogP contribution in [0.2, 0.25) is 0 Å². The number of hydrogen-bond acceptors (Lipinski definition) is 4. The molecular weight excluding hydrogens is 491 g/mol. The Balaban J connectivity index is 1.79. The van der Waals surface area contributed by atoms with E-state index in [0.717, 1.165) is 22.8 Å². The second kappa shape index (κ2) is 10.9. The summed E-state index contributed by atoms with van der Waals surface area (Å²) in [6.07, 6.45) is 6.45. The van der Waals surface area contributed by atoms with Gasteiger partial charge in [0.25, 0.3) is 0 Å². The number of halogens is 3. The molecule has 0 N–H and O–H groups in total. The summed E-state index contributed by atoms with van der Waals surface area (Å²) in [5.74, 6) is 4.02. The number of fused-ring (bicyclic) bond motifs is 1. The molecule has 0 radical (unpaired) electrons. The van der Waals surface area contributed by atoms with Crippen LogP contribution < -0.4 is 0 Å². The van der Waals surface area contributed by atoms with Gasteiger partial charge in [0.1, 0.15) is 17.3 Å². The van der Waals surface area contributed by atoms with Gasteiger partial charge < -0.3 is 4.74 Å². The molecule has 1 aliphatic heterocycles. The van der Waals surface area contributed by atoms with Crippen molar-refractivity contribution in [1.82, 2.24) is 14.7 Å². The highest BCUT2D eigenvalue weighted by molar-refractivity contribution is 5.86. The number of hydrogen-bond donors (Lipinski definition) is 0. The fourth-order valence-corrected chi connectivity index (χ4v) is 4.82. The van der Waals surface area contributed by atoms with Crippen LogP contribution in [-0.4, -0.2) is 46.0 Å². The number of ether oxygens (including phenoxy) is 1. The van der Waals surface area contributed by atoms with Gasteiger partial charge in [0, 0.05) is 43.0 Å². The van der Waals surface area contributed by atoms with E-state index in [-0.39, 0.29) is 23.7 Å². The van der Waals surface area contributed by atoms with Crippen LogP contribution in [0.4, 0.5) is 13.2 Å². The fourth-order valence-electron chi connectivity index (χ4n) is 4.82. The lowest BCUT2D eigenvalue weighted by Gasteiger charge is -2.44. The van der Waals surface area contributed by atoms with Crippen molar-refractivity contribution in [3.8, 4) is 11.8 Å². The van der Waals surface area contributed by atoms with Crippen LogP contribution in [0.25, 0.3) is 6.08 Å². The number of nitrogens with zero attached hydrogens (tertiary/aromatic N) is 3. The first-order chi connectivity index (χ1) is 17.9. The first-order valence-electron chi connectivity index (χ1n) is 12.3. The minimum Gasteiger partial charge on any atom is -0.466 e. The number of alkyl halides is 1. The topological polar surface area (TPSA) is 47.4 Å². The summed E-state index contributed by atoms with van der Waals surface area (Å²) in [5.41, 5.74) is 1.58. The lowest BCUT2D eigenvalue weighted by molar-refractivity contribution is -0.134. The molecule has 1 aliphatic rings. The number of aryl methyl sites for hydroxylation is 1. The maximum atomic E-state index is 15.6. The van der Waals surface area contributed by atoms with Gasteiger partial charge in [-0.05, 0) is 74.2 Å². The van der Waals surface area contributed by atoms with E-state index < -0.39 is 29.3 Å². The average Bonchev–Trinajstić information content (AvgIpc) is 3.26. The highest BCUT2D eigenvalue weighted by Gasteiger charge is 2.39. The largest absolute Gasteiger partial charge is 0.466 e. The molecule has 3 aromatic rings. The quantitative estimate of drug-likeness (QED) is 0.257. The summed E-state index contributed by atoms with van der Waals surface area (Å²) in [6.45, 7) is 4.83. The Labute approximate surface area is 220 Å². The zero-order chi connectivity index (χ0) is 27.6. The number of benzene rings is 2. The maximum Gasteiger partial charge on any atom is 0.330 e. The van der Waals surface area contributed by atoms with Crippen LogP contribution >= 0.6 is 0 Å². The third-order valence-electron chi connectivity index (χ3n) is 6.45. The minimum absolute atomic E-state index is 0.0102. The molecule has 2 atom stereocenters. The van der Waals surface area contributed by atoms with E-state index >= 15 is 8.78 Å². The van der Waals surface area contributed by atoms with Gasteiger partial charge in [-0.3, -0.25) is 9.58 Å². The van der Waals surface area contributed by atoms with Crippen LogP contribution in [0.3, 0.4) is 0 Å². The summed E-state index contributed by atoms with van der Waals surface area (Å²) in [5, 5.41) is 4.12. The molecule has 0 saturated heterocycles. The van der Waals surface area contributed by atoms with Crippen LogP contribution in [0.15, 0.2) is 48.8 Å². The minimum atomic E-state index is -1.59. The SMILES string of the molecule is COC(=O)/C=C/c1cc(F)c(C2c3ccc(C#Cc4cnn(C)c4)cc3CC(C)N2CC(C)(C)F)c(F)c1. The van der Waals surface area contributed by atoms with Crippen molar-refractivity contribution in [3.63, 3.8) is 0 Å². The summed E-state index contributed by atoms with van der Waals surface area (Å²) in [6, 6.07) is 6.87. The summed E-state index contributed by atoms with van der Waals surface area (Å²) in [7, 11) is 3.03. The molecule has 0 aliphatic carbocycles. The fraction of sp³-hybridized carbons (Fsp3) is 0.333. The molecule has 2 heterocycles. The molecule has 1 aromatic heterocycles. The normalized spacial score (nSPS) is 17.7. The molecule has 38 heavy (non-hydrogen) atoms. The molecular formula is C30H30F3N3O2. The van der Waals surface area contributed by atoms with E-state index in [2.05, 4.69) is 21.7 Å². The van der Waals surface area contributed by atoms with Gasteiger partial charge in [-0.2, -0.15) is 5.10 Å². The first kappa shape index (κ1) is 27.2. The Morgan fingerprint density at radius 1 is 1.18 bits per heavy atom. The van der Waals surface area contributed by atoms with Crippen LogP contribution in [0.5, 0.6) is 0 Å². The number of rotatable bonds is 5. The number of methoxy groups -OCH3 is 1. The van der Waals surface area contributed by atoms with Gasteiger partial charge in [0.05, 0.1) is 24.9 Å². The monoisotopic (exact) mass is 521 g/mol. The highest BCUT2D eigenvalue weighted by atomic mass is 19.1. The third kappa shape index (κ3) is 6.17. The highest BCUT2D eigenvalue weighted by Crippen LogP contribution is 2.41. The predicted octanol–water partition coefficient (Wildman–Crippen LogP) is 5.37. The van der Waals surface area contributed by atoms with Crippen molar-refractivity contribution in [2.75, 3.05) is 13.7 Å². The lowest BCUT2D eigenvalue weighted by Crippen LogP contribution is -2.48. The molecule has 198 valence electrons. The summed E-state index contributed by atoms with van der Waals surface area (Å²) >= 11 is 0. The van der Waals surface area contributed by atoms with E-state index in [0.29, 0.717) is 12.0 Å². The van der Waals surface area contributed by atoms with Crippen molar-refractivity contribution in [2.24, 2.45) is 7.05 Å². The second-order valence-corrected chi connectivity index (χ2v) is 10.2. The van der Waals surface area contributed by atoms with E-state index in [1.807, 2.05) is 43.3 Å². The maximum absolute atomic E-state index is 15.6. The zero-order valence-electron chi connectivity index (χ0n) is 22.1. The Morgan fingerprint density at radius 2 is 1.87 bits per heavy atom. The van der Waals surface area contributed by atoms with Crippen molar-refractivity contribution >= 4 is 12.0 Å². The molecule has 2 unspecified atom stereocenters. The van der Waals surface area contributed by atoms with Gasteiger partial charge in [0.15, 0.2) is 0 Å². The molecule has 4 rings (SSSR count). The average molecular weight is 522 g/mol. The standard InChI is InChI=1S/C30H30F3N3O2/c1-19-12-23-13-20(6-7-22-16-34-35(4)17-22)8-10-24(23)29(36(19)18-30(2,3)33)28-25(31)14-21(15-26(28)32)9-11-27(37)38-5/h8-11,13-17,19,29H,12,18H2,1-5H3/b11-9+. The zero-order valence-corrected chi connectivity index (χ0v) is 22.1. The Bertz CT molecular complexity index is 1420. The van der Waals surface area contributed by atoms with Crippen molar-refractivity contribution in [1.29, 1.82) is 0 Å². The van der Waals surface area contributed by atoms with E-state index in [1.165, 1.54) is 39.2 Å². The van der Waals surface area contributed by atoms with Crippen LogP contribution in [-0.2, 0) is 23.0 Å². The molecule has 0 saturated carbocycles. The summed E-state index contributed by atoms with van der Waals surface area (Å²) in [4.78, 5) is 13.2. The Hall–Kier alpha value is -3.83.